The van der Waals surface area contributed by atoms with Gasteiger partial charge in [-0.05, 0) is 12.8 Å². The Morgan fingerprint density at radius 1 is 2.00 bits per heavy atom. The Morgan fingerprint density at radius 3 is 2.89 bits per heavy atom. The van der Waals surface area contributed by atoms with Crippen molar-refractivity contribution in [3.63, 3.8) is 0 Å². The highest BCUT2D eigenvalue weighted by Crippen LogP contribution is 2.07. The minimum Gasteiger partial charge on any atom is -0.309 e. The summed E-state index contributed by atoms with van der Waals surface area (Å²) >= 11 is 3.59. The molecule has 0 aromatic carbocycles. The normalized spacial score (nSPS) is 18.1. The molecule has 7 heteroatoms. The van der Waals surface area contributed by atoms with Crippen LogP contribution in [0, 0.1) is 10.1 Å². The Hall–Kier alpha value is -0.950. The number of hydrogen-bond donors (Lipinski definition) is 2. The first-order valence-electron chi connectivity index (χ1n) is 1.98. The van der Waals surface area contributed by atoms with Gasteiger partial charge in [-0.2, -0.15) is 0 Å². The summed E-state index contributed by atoms with van der Waals surface area (Å²) in [6.07, 6.45) is 1.09. The highest BCUT2D eigenvalue weighted by Gasteiger charge is 2.21. The van der Waals surface area contributed by atoms with Gasteiger partial charge in [0.25, 0.3) is 0 Å². The Balaban J connectivity index is 2.55. The zero-order chi connectivity index (χ0) is 6.85. The van der Waals surface area contributed by atoms with Crippen LogP contribution in [0.15, 0.2) is 12.1 Å². The molecule has 0 saturated carbocycles. The van der Waals surface area contributed by atoms with Gasteiger partial charge in [0.05, 0.1) is 0 Å². The number of thiol groups is 1. The van der Waals surface area contributed by atoms with Crippen molar-refractivity contribution in [1.29, 1.82) is 0 Å². The van der Waals surface area contributed by atoms with Crippen molar-refractivity contribution in [3.8, 4) is 0 Å². The van der Waals surface area contributed by atoms with Crippen molar-refractivity contribution in [2.24, 2.45) is 0 Å². The second-order valence-corrected chi connectivity index (χ2v) is 1.60. The molecule has 0 radical (unpaired) electrons. The SMILES string of the molecule is O=[N+]([O-])C1=CNN(S)O1. The average molecular weight is 149 g/mol. The largest absolute Gasteiger partial charge is 0.466 e. The third kappa shape index (κ3) is 1.24. The van der Waals surface area contributed by atoms with Crippen LogP contribution >= 0.6 is 12.8 Å². The number of hydrogen-bond acceptors (Lipinski definition) is 6. The molecule has 0 saturated heterocycles. The van der Waals surface area contributed by atoms with Crippen LogP contribution in [0.25, 0.3) is 0 Å². The lowest BCUT2D eigenvalue weighted by Crippen LogP contribution is -2.17. The van der Waals surface area contributed by atoms with Crippen LogP contribution in [0.5, 0.6) is 0 Å². The van der Waals surface area contributed by atoms with Gasteiger partial charge in [-0.3, -0.25) is 15.5 Å². The van der Waals surface area contributed by atoms with Crippen LogP contribution in [0.4, 0.5) is 0 Å². The fraction of sp³-hybridized carbons (Fsp3) is 0. The highest BCUT2D eigenvalue weighted by molar-refractivity contribution is 7.77. The molecule has 0 spiro atoms. The zero-order valence-corrected chi connectivity index (χ0v) is 5.04. The van der Waals surface area contributed by atoms with Gasteiger partial charge in [-0.1, -0.05) is 0 Å². The van der Waals surface area contributed by atoms with Gasteiger partial charge in [0.1, 0.15) is 11.1 Å². The lowest BCUT2D eigenvalue weighted by atomic mass is 10.9. The summed E-state index contributed by atoms with van der Waals surface area (Å²) < 4.78 is 0.831. The maximum absolute atomic E-state index is 9.86. The topological polar surface area (TPSA) is 67.6 Å². The molecule has 0 atom stereocenters. The molecular weight excluding hydrogens is 146 g/mol. The quantitative estimate of drug-likeness (QED) is 0.303. The lowest BCUT2D eigenvalue weighted by molar-refractivity contribution is -0.472. The van der Waals surface area contributed by atoms with Gasteiger partial charge < -0.3 is 4.84 Å². The summed E-state index contributed by atoms with van der Waals surface area (Å²) in [6.45, 7) is 0. The maximum Gasteiger partial charge on any atom is 0.466 e. The predicted octanol–water partition coefficient (Wildman–Crippen LogP) is -0.341. The molecule has 1 heterocycles. The third-order valence-corrected chi connectivity index (χ3v) is 0.856. The Morgan fingerprint density at radius 2 is 2.67 bits per heavy atom. The van der Waals surface area contributed by atoms with E-state index in [-0.39, 0.29) is 5.88 Å². The molecule has 50 valence electrons. The summed E-state index contributed by atoms with van der Waals surface area (Å²) in [5.41, 5.74) is 2.32. The van der Waals surface area contributed by atoms with E-state index in [1.165, 1.54) is 0 Å². The molecule has 1 aliphatic heterocycles. The van der Waals surface area contributed by atoms with Crippen molar-refractivity contribution in [2.45, 2.75) is 0 Å². The van der Waals surface area contributed by atoms with Crippen LogP contribution in [-0.4, -0.2) is 9.50 Å². The monoisotopic (exact) mass is 149 g/mol. The van der Waals surface area contributed by atoms with Crippen molar-refractivity contribution >= 4 is 12.8 Å². The second kappa shape index (κ2) is 2.11. The van der Waals surface area contributed by atoms with Crippen LogP contribution in [0.2, 0.25) is 0 Å². The molecule has 0 aliphatic carbocycles. The van der Waals surface area contributed by atoms with E-state index in [1.54, 1.807) is 0 Å². The molecule has 0 bridgehead atoms. The van der Waals surface area contributed by atoms with Crippen LogP contribution < -0.4 is 5.43 Å². The molecule has 0 fully saturated rings. The van der Waals surface area contributed by atoms with Crippen molar-refractivity contribution in [1.82, 2.24) is 10.0 Å². The molecular formula is C2H3N3O3S. The van der Waals surface area contributed by atoms with Crippen LogP contribution in [-0.2, 0) is 4.84 Å². The van der Waals surface area contributed by atoms with Crippen molar-refractivity contribution in [2.75, 3.05) is 0 Å². The number of nitro groups is 1. The number of nitrogens with zero attached hydrogens (tertiary/aromatic N) is 2. The van der Waals surface area contributed by atoms with Crippen LogP contribution in [0.3, 0.4) is 0 Å². The lowest BCUT2D eigenvalue weighted by Gasteiger charge is -2.01. The molecule has 1 aliphatic rings. The summed E-state index contributed by atoms with van der Waals surface area (Å²) in [5, 5.41) is 9.86. The minimum atomic E-state index is -0.663. The third-order valence-electron chi connectivity index (χ3n) is 0.658. The number of rotatable bonds is 1. The molecule has 1 N–H and O–H groups in total. The zero-order valence-electron chi connectivity index (χ0n) is 4.14. The molecule has 1 rings (SSSR count). The van der Waals surface area contributed by atoms with Crippen molar-refractivity contribution in [3.05, 3.63) is 22.2 Å². The van der Waals surface area contributed by atoms with E-state index in [2.05, 4.69) is 23.1 Å². The molecule has 0 amide bonds. The molecule has 9 heavy (non-hydrogen) atoms. The van der Waals surface area contributed by atoms with E-state index in [9.17, 15) is 10.1 Å². The van der Waals surface area contributed by atoms with Gasteiger partial charge in [0.2, 0.25) is 0 Å². The van der Waals surface area contributed by atoms with Crippen molar-refractivity contribution < 1.29 is 9.76 Å². The van der Waals surface area contributed by atoms with Gasteiger partial charge in [-0.25, -0.2) is 0 Å². The Kier molecular flexibility index (Phi) is 1.45. The van der Waals surface area contributed by atoms with E-state index in [1.807, 2.05) is 0 Å². The summed E-state index contributed by atoms with van der Waals surface area (Å²) in [4.78, 5) is 13.6. The summed E-state index contributed by atoms with van der Waals surface area (Å²) in [7, 11) is 0. The van der Waals surface area contributed by atoms with E-state index in [4.69, 9.17) is 0 Å². The van der Waals surface area contributed by atoms with Crippen LogP contribution in [0.1, 0.15) is 0 Å². The fourth-order valence-electron chi connectivity index (χ4n) is 0.338. The summed E-state index contributed by atoms with van der Waals surface area (Å²) in [6, 6.07) is 0. The van der Waals surface area contributed by atoms with E-state index < -0.39 is 4.92 Å². The molecule has 0 aromatic rings. The molecule has 0 aromatic heterocycles. The molecule has 6 nitrogen and oxygen atoms in total. The first kappa shape index (κ1) is 6.17. The number of hydrazine groups is 1. The van der Waals surface area contributed by atoms with E-state index in [0.717, 1.165) is 10.8 Å². The van der Waals surface area contributed by atoms with E-state index in [0.29, 0.717) is 0 Å². The van der Waals surface area contributed by atoms with Gasteiger partial charge in [0, 0.05) is 4.58 Å². The fourth-order valence-corrected chi connectivity index (χ4v) is 0.479. The Labute approximate surface area is 55.7 Å². The number of nitrogens with one attached hydrogen (secondary N) is 1. The first-order chi connectivity index (χ1) is 4.20. The first-order valence-corrected chi connectivity index (χ1v) is 2.38. The summed E-state index contributed by atoms with van der Waals surface area (Å²) in [5.74, 6) is -0.370. The average Bonchev–Trinajstić information content (AvgIpc) is 2.14. The minimum absolute atomic E-state index is 0.370. The van der Waals surface area contributed by atoms with E-state index >= 15 is 0 Å². The van der Waals surface area contributed by atoms with Gasteiger partial charge in [-0.15, -0.1) is 0 Å². The van der Waals surface area contributed by atoms with Gasteiger partial charge >= 0.3 is 5.88 Å². The highest BCUT2D eigenvalue weighted by atomic mass is 32.1. The van der Waals surface area contributed by atoms with Gasteiger partial charge in [0.15, 0.2) is 0 Å². The predicted molar refractivity (Wildman–Crippen MR) is 30.1 cm³/mol. The smallest absolute Gasteiger partial charge is 0.309 e. The standard InChI is InChI=1S/C2H3N3O3S/c6-4(7)2-1-3-5(9)8-2/h1,3,9H. The Bertz CT molecular complexity index is 168. The maximum atomic E-state index is 9.86. The molecule has 0 unspecified atom stereocenters. The second-order valence-electron chi connectivity index (χ2n) is 1.23.